The van der Waals surface area contributed by atoms with Gasteiger partial charge in [0.25, 0.3) is 0 Å². The van der Waals surface area contributed by atoms with Gasteiger partial charge in [0.05, 0.1) is 0 Å². The molecule has 114 valence electrons. The Morgan fingerprint density at radius 1 is 0.818 bits per heavy atom. The zero-order valence-corrected chi connectivity index (χ0v) is 12.9. The average Bonchev–Trinajstić information content (AvgIpc) is 2.63. The molecule has 3 aliphatic heterocycles. The number of aliphatic hydroxyl groups is 1. The van der Waals surface area contributed by atoms with Gasteiger partial charge in [-0.05, 0) is 43.0 Å². The summed E-state index contributed by atoms with van der Waals surface area (Å²) in [6.07, 6.45) is 2.43. The molecular formula is C20H23NO. The molecule has 22 heavy (non-hydrogen) atoms. The van der Waals surface area contributed by atoms with Gasteiger partial charge in [0.1, 0.15) is 5.60 Å². The topological polar surface area (TPSA) is 23.5 Å². The van der Waals surface area contributed by atoms with Crippen LogP contribution in [0.15, 0.2) is 60.7 Å². The van der Waals surface area contributed by atoms with Crippen molar-refractivity contribution in [2.75, 3.05) is 19.6 Å². The number of hydrogen-bond donors (Lipinski definition) is 1. The lowest BCUT2D eigenvalue weighted by Gasteiger charge is -2.51. The van der Waals surface area contributed by atoms with Crippen molar-refractivity contribution in [3.8, 4) is 0 Å². The van der Waals surface area contributed by atoms with Crippen molar-refractivity contribution >= 4 is 0 Å². The summed E-state index contributed by atoms with van der Waals surface area (Å²) < 4.78 is 0. The van der Waals surface area contributed by atoms with Gasteiger partial charge in [0, 0.05) is 12.5 Å². The summed E-state index contributed by atoms with van der Waals surface area (Å²) in [5.74, 6) is 0.898. The number of fused-ring (bicyclic) bond motifs is 3. The Morgan fingerprint density at radius 3 is 1.73 bits per heavy atom. The normalized spacial score (nSPS) is 27.8. The minimum atomic E-state index is -0.883. The molecule has 3 fully saturated rings. The van der Waals surface area contributed by atoms with Gasteiger partial charge in [-0.2, -0.15) is 0 Å². The number of piperidine rings is 3. The van der Waals surface area contributed by atoms with E-state index >= 15 is 0 Å². The summed E-state index contributed by atoms with van der Waals surface area (Å²) in [6.45, 7) is 3.40. The van der Waals surface area contributed by atoms with Crippen molar-refractivity contribution in [3.05, 3.63) is 71.8 Å². The van der Waals surface area contributed by atoms with Crippen molar-refractivity contribution in [2.45, 2.75) is 18.4 Å². The maximum absolute atomic E-state index is 11.9. The van der Waals surface area contributed by atoms with Gasteiger partial charge in [0.15, 0.2) is 0 Å². The lowest BCUT2D eigenvalue weighted by Crippen LogP contribution is -2.55. The van der Waals surface area contributed by atoms with Crippen molar-refractivity contribution in [2.24, 2.45) is 11.8 Å². The monoisotopic (exact) mass is 293 g/mol. The lowest BCUT2D eigenvalue weighted by atomic mass is 9.65. The fraction of sp³-hybridized carbons (Fsp3) is 0.400. The Hall–Kier alpha value is -1.64. The number of benzene rings is 2. The molecule has 2 heteroatoms. The van der Waals surface area contributed by atoms with Crippen molar-refractivity contribution in [1.29, 1.82) is 0 Å². The Balaban J connectivity index is 1.82. The Labute approximate surface area is 132 Å². The summed E-state index contributed by atoms with van der Waals surface area (Å²) >= 11 is 0. The van der Waals surface area contributed by atoms with Crippen LogP contribution in [-0.2, 0) is 5.60 Å². The van der Waals surface area contributed by atoms with Crippen LogP contribution in [-0.4, -0.2) is 29.6 Å². The molecule has 1 N–H and O–H groups in total. The second-order valence-corrected chi connectivity index (χ2v) is 6.74. The molecule has 0 radical (unpaired) electrons. The van der Waals surface area contributed by atoms with Crippen LogP contribution in [0, 0.1) is 11.8 Å². The molecule has 2 aromatic carbocycles. The van der Waals surface area contributed by atoms with E-state index in [2.05, 4.69) is 29.2 Å². The number of rotatable bonds is 3. The smallest absolute Gasteiger partial charge is 0.119 e. The van der Waals surface area contributed by atoms with E-state index in [1.807, 2.05) is 36.4 Å². The summed E-state index contributed by atoms with van der Waals surface area (Å²) in [5.41, 5.74) is 1.17. The fourth-order valence-corrected chi connectivity index (χ4v) is 4.42. The third kappa shape index (κ3) is 2.18. The minimum Gasteiger partial charge on any atom is -0.380 e. The van der Waals surface area contributed by atoms with Gasteiger partial charge in [-0.25, -0.2) is 0 Å². The molecule has 3 heterocycles. The van der Waals surface area contributed by atoms with Crippen molar-refractivity contribution in [3.63, 3.8) is 0 Å². The van der Waals surface area contributed by atoms with Crippen LogP contribution in [0.2, 0.25) is 0 Å². The Morgan fingerprint density at radius 2 is 1.32 bits per heavy atom. The van der Waals surface area contributed by atoms with E-state index < -0.39 is 5.60 Å². The van der Waals surface area contributed by atoms with Gasteiger partial charge < -0.3 is 10.0 Å². The molecule has 5 rings (SSSR count). The maximum atomic E-state index is 11.9. The molecule has 0 amide bonds. The van der Waals surface area contributed by atoms with E-state index in [1.165, 1.54) is 25.9 Å². The third-order valence-corrected chi connectivity index (χ3v) is 5.62. The largest absolute Gasteiger partial charge is 0.380 e. The molecule has 3 saturated heterocycles. The predicted molar refractivity (Wildman–Crippen MR) is 88.5 cm³/mol. The zero-order chi connectivity index (χ0) is 15.0. The zero-order valence-electron chi connectivity index (χ0n) is 12.9. The molecule has 2 nitrogen and oxygen atoms in total. The highest BCUT2D eigenvalue weighted by Crippen LogP contribution is 2.46. The summed E-state index contributed by atoms with van der Waals surface area (Å²) in [7, 11) is 0. The standard InChI is InChI=1S/C20H23NO/c22-20(17-7-3-1-4-8-17,18-9-5-2-6-10-18)19-15-21-13-11-16(19)12-14-21/h1-10,16,19,22H,11-15H2/t19-/m1/s1. The first-order chi connectivity index (χ1) is 10.8. The molecule has 0 unspecified atom stereocenters. The van der Waals surface area contributed by atoms with Crippen LogP contribution < -0.4 is 0 Å². The average molecular weight is 293 g/mol. The van der Waals surface area contributed by atoms with Gasteiger partial charge >= 0.3 is 0 Å². The highest BCUT2D eigenvalue weighted by Gasteiger charge is 2.48. The van der Waals surface area contributed by atoms with E-state index in [4.69, 9.17) is 0 Å². The molecule has 0 spiro atoms. The molecular weight excluding hydrogens is 270 g/mol. The molecule has 0 aromatic heterocycles. The SMILES string of the molecule is OC(c1ccccc1)(c1ccccc1)[C@@H]1CN2CCC1CC2. The van der Waals surface area contributed by atoms with Crippen LogP contribution in [0.4, 0.5) is 0 Å². The first-order valence-corrected chi connectivity index (χ1v) is 8.34. The molecule has 3 aliphatic rings. The predicted octanol–water partition coefficient (Wildman–Crippen LogP) is 3.26. The molecule has 2 bridgehead atoms. The van der Waals surface area contributed by atoms with E-state index in [0.717, 1.165) is 17.7 Å². The Bertz CT molecular complexity index is 577. The molecule has 0 saturated carbocycles. The highest BCUT2D eigenvalue weighted by molar-refractivity contribution is 5.37. The van der Waals surface area contributed by atoms with Crippen molar-refractivity contribution < 1.29 is 5.11 Å². The summed E-state index contributed by atoms with van der Waals surface area (Å²) in [5, 5.41) is 11.9. The summed E-state index contributed by atoms with van der Waals surface area (Å²) in [4.78, 5) is 2.52. The van der Waals surface area contributed by atoms with E-state index in [-0.39, 0.29) is 5.92 Å². The third-order valence-electron chi connectivity index (χ3n) is 5.62. The highest BCUT2D eigenvalue weighted by atomic mass is 16.3. The fourth-order valence-electron chi connectivity index (χ4n) is 4.42. The summed E-state index contributed by atoms with van der Waals surface area (Å²) in [6, 6.07) is 20.5. The van der Waals surface area contributed by atoms with Crippen LogP contribution >= 0.6 is 0 Å². The minimum absolute atomic E-state index is 0.278. The number of hydrogen-bond acceptors (Lipinski definition) is 2. The lowest BCUT2D eigenvalue weighted by molar-refractivity contribution is -0.0764. The van der Waals surface area contributed by atoms with Gasteiger partial charge in [0.2, 0.25) is 0 Å². The van der Waals surface area contributed by atoms with Crippen LogP contribution in [0.5, 0.6) is 0 Å². The second-order valence-electron chi connectivity index (χ2n) is 6.74. The Kier molecular flexibility index (Phi) is 3.51. The van der Waals surface area contributed by atoms with Crippen molar-refractivity contribution in [1.82, 2.24) is 4.90 Å². The molecule has 1 atom stereocenters. The van der Waals surface area contributed by atoms with Crippen LogP contribution in [0.25, 0.3) is 0 Å². The van der Waals surface area contributed by atoms with Crippen LogP contribution in [0.1, 0.15) is 24.0 Å². The molecule has 2 aromatic rings. The first-order valence-electron chi connectivity index (χ1n) is 8.34. The number of nitrogens with zero attached hydrogens (tertiary/aromatic N) is 1. The van der Waals surface area contributed by atoms with Crippen LogP contribution in [0.3, 0.4) is 0 Å². The van der Waals surface area contributed by atoms with E-state index in [9.17, 15) is 5.11 Å². The quantitative estimate of drug-likeness (QED) is 0.939. The maximum Gasteiger partial charge on any atom is 0.119 e. The van der Waals surface area contributed by atoms with Gasteiger partial charge in [-0.15, -0.1) is 0 Å². The van der Waals surface area contributed by atoms with E-state index in [0.29, 0.717) is 5.92 Å². The van der Waals surface area contributed by atoms with Gasteiger partial charge in [-0.1, -0.05) is 60.7 Å². The van der Waals surface area contributed by atoms with Gasteiger partial charge in [-0.3, -0.25) is 0 Å². The molecule has 0 aliphatic carbocycles. The second kappa shape index (κ2) is 5.53. The van der Waals surface area contributed by atoms with E-state index in [1.54, 1.807) is 0 Å². The first kappa shape index (κ1) is 14.0.